The zero-order valence-corrected chi connectivity index (χ0v) is 33.1. The van der Waals surface area contributed by atoms with Crippen molar-refractivity contribution in [2.24, 2.45) is 0 Å². The van der Waals surface area contributed by atoms with Crippen molar-refractivity contribution in [3.8, 4) is 0 Å². The molecule has 2 unspecified atom stereocenters. The van der Waals surface area contributed by atoms with E-state index in [1.165, 1.54) is 22.3 Å². The first-order valence-electron chi connectivity index (χ1n) is 14.6. The Bertz CT molecular complexity index is 1200. The molecule has 2 aliphatic rings. The van der Waals surface area contributed by atoms with E-state index in [0.29, 0.717) is 0 Å². The maximum atomic E-state index is 7.08. The molecule has 2 aliphatic carbocycles. The van der Waals surface area contributed by atoms with E-state index in [1.54, 1.807) is 0 Å². The van der Waals surface area contributed by atoms with Crippen molar-refractivity contribution in [1.82, 2.24) is 0 Å². The van der Waals surface area contributed by atoms with Crippen LogP contribution in [0.25, 0.3) is 12.2 Å². The Morgan fingerprint density at radius 3 is 1.35 bits per heavy atom. The first-order chi connectivity index (χ1) is 18.4. The van der Waals surface area contributed by atoms with E-state index in [-0.39, 0.29) is 21.9 Å². The number of allylic oxidation sites excluding steroid dienone is 2. The number of benzene rings is 2. The van der Waals surface area contributed by atoms with Crippen molar-refractivity contribution in [2.75, 3.05) is 0 Å². The Labute approximate surface area is 261 Å². The molecule has 8 heteroatoms. The van der Waals surface area contributed by atoms with Crippen LogP contribution in [0.15, 0.2) is 60.0 Å². The van der Waals surface area contributed by atoms with Crippen molar-refractivity contribution < 1.29 is 27.4 Å². The number of rotatable bonds is 9. The fraction of sp³-hybridized carbons (Fsp3) is 0.500. The van der Waals surface area contributed by atoms with Crippen molar-refractivity contribution in [3.05, 3.63) is 82.3 Å². The van der Waals surface area contributed by atoms with Gasteiger partial charge < -0.3 is 0 Å². The van der Waals surface area contributed by atoms with Gasteiger partial charge in [-0.05, 0) is 0 Å². The molecule has 217 valence electrons. The van der Waals surface area contributed by atoms with Gasteiger partial charge in [-0.25, -0.2) is 0 Å². The van der Waals surface area contributed by atoms with Crippen LogP contribution in [0, 0.1) is 0 Å². The second-order valence-electron chi connectivity index (χ2n) is 14.6. The van der Waals surface area contributed by atoms with Crippen LogP contribution in [0.2, 0.25) is 48.4 Å². The van der Waals surface area contributed by atoms with Gasteiger partial charge in [0.2, 0.25) is 0 Å². The zero-order chi connectivity index (χ0) is 29.7. The van der Waals surface area contributed by atoms with Crippen molar-refractivity contribution in [1.29, 1.82) is 0 Å². The SMILES string of the molecule is CC(C)(C)[Si](C)(C)OC1=Cc2ccccc2C1C[SiH](CC1C(O[Si](C)(C)C(C)(C)C)=Cc2ccccc21)[Zr]([Cl])[Cl]. The Morgan fingerprint density at radius 1 is 0.675 bits per heavy atom. The van der Waals surface area contributed by atoms with Gasteiger partial charge in [-0.2, -0.15) is 0 Å². The third-order valence-corrected chi connectivity index (χ3v) is 40.1. The summed E-state index contributed by atoms with van der Waals surface area (Å²) in [5, 5.41) is 0.274. The molecular formula is C32H47Cl2O2Si3Zr. The molecule has 40 heavy (non-hydrogen) atoms. The van der Waals surface area contributed by atoms with E-state index in [0.717, 1.165) is 23.6 Å². The maximum absolute atomic E-state index is 7.08. The molecule has 2 aromatic rings. The van der Waals surface area contributed by atoms with Crippen molar-refractivity contribution in [3.63, 3.8) is 0 Å². The average Bonchev–Trinajstić information content (AvgIpc) is 3.33. The molecule has 0 N–H and O–H groups in total. The first-order valence-corrected chi connectivity index (χ1v) is 33.2. The second-order valence-corrected chi connectivity index (χ2v) is 47.6. The molecule has 0 aliphatic heterocycles. The monoisotopic (exact) mass is 707 g/mol. The normalized spacial score (nSPS) is 19.9. The molecular weight excluding hydrogens is 663 g/mol. The molecule has 0 aromatic heterocycles. The van der Waals surface area contributed by atoms with Gasteiger partial charge in [-0.15, -0.1) is 0 Å². The third-order valence-electron chi connectivity index (χ3n) is 9.73. The Kier molecular flexibility index (Phi) is 9.73. The molecule has 2 aromatic carbocycles. The fourth-order valence-corrected chi connectivity index (χ4v) is 22.4. The summed E-state index contributed by atoms with van der Waals surface area (Å²) in [6.45, 7) is 23.2. The van der Waals surface area contributed by atoms with Crippen LogP contribution in [-0.4, -0.2) is 22.6 Å². The minimum atomic E-state index is -2.56. The van der Waals surface area contributed by atoms with Crippen molar-refractivity contribution >= 4 is 51.7 Å². The average molecular weight is 710 g/mol. The van der Waals surface area contributed by atoms with Gasteiger partial charge in [0.25, 0.3) is 0 Å². The van der Waals surface area contributed by atoms with Gasteiger partial charge in [0.15, 0.2) is 0 Å². The van der Waals surface area contributed by atoms with Crippen LogP contribution in [0.1, 0.15) is 75.6 Å². The second kappa shape index (κ2) is 12.0. The van der Waals surface area contributed by atoms with Crippen LogP contribution in [-0.2, 0) is 27.4 Å². The van der Waals surface area contributed by atoms with Gasteiger partial charge >= 0.3 is 263 Å². The molecule has 2 nitrogen and oxygen atoms in total. The van der Waals surface area contributed by atoms with E-state index < -0.39 is 41.1 Å². The summed E-state index contributed by atoms with van der Waals surface area (Å²) in [4.78, 5) is 0. The number of fused-ring (bicyclic) bond motifs is 2. The molecule has 0 saturated heterocycles. The molecule has 0 saturated carbocycles. The van der Waals surface area contributed by atoms with E-state index in [1.807, 2.05) is 0 Å². The Balaban J connectivity index is 1.65. The predicted octanol–water partition coefficient (Wildman–Crippen LogP) is 11.0. The number of hydrogen-bond acceptors (Lipinski definition) is 2. The summed E-state index contributed by atoms with van der Waals surface area (Å²) < 4.78 is 14.0. The predicted molar refractivity (Wildman–Crippen MR) is 179 cm³/mol. The summed E-state index contributed by atoms with van der Waals surface area (Å²) in [5.41, 5.74) is 5.34. The molecule has 0 radical (unpaired) electrons. The summed E-state index contributed by atoms with van der Waals surface area (Å²) in [5.74, 6) is 1.27. The molecule has 0 heterocycles. The molecule has 4 rings (SSSR count). The van der Waals surface area contributed by atoms with Gasteiger partial charge in [0.05, 0.1) is 0 Å². The minimum absolute atomic E-state index is 0.137. The molecule has 2 atom stereocenters. The molecule has 0 bridgehead atoms. The first kappa shape index (κ1) is 32.5. The third kappa shape index (κ3) is 6.89. The standard InChI is InChI=1S/C32H47O2Si3.2ClH.Zr/c1-31(2,3)36(7,8)33-29-19-23-15-11-13-17-25(23)27(29)21-35-22-28-26-18-14-12-16-24(26)20-30(28)34-37(9,10)32(4,5)6;;;/h11-20,27-28,35H,21-22H2,1-10H3;2*1H;/q;;;+2/p-2. The zero-order valence-electron chi connectivity index (χ0n) is 26.0. The van der Waals surface area contributed by atoms with E-state index in [4.69, 9.17) is 25.9 Å². The van der Waals surface area contributed by atoms with Crippen LogP contribution < -0.4 is 0 Å². The summed E-state index contributed by atoms with van der Waals surface area (Å²) >= 11 is -2.56. The van der Waals surface area contributed by atoms with Crippen LogP contribution in [0.3, 0.4) is 0 Å². The van der Waals surface area contributed by atoms with Gasteiger partial charge in [-0.1, -0.05) is 0 Å². The fourth-order valence-electron chi connectivity index (χ4n) is 5.16. The van der Waals surface area contributed by atoms with Gasteiger partial charge in [0, 0.05) is 0 Å². The van der Waals surface area contributed by atoms with Crippen LogP contribution in [0.4, 0.5) is 0 Å². The summed E-state index contributed by atoms with van der Waals surface area (Å²) in [7, 11) is 10.2. The van der Waals surface area contributed by atoms with Gasteiger partial charge in [0.1, 0.15) is 0 Å². The summed E-state index contributed by atoms with van der Waals surface area (Å²) in [6, 6.07) is 19.7. The molecule has 0 spiro atoms. The van der Waals surface area contributed by atoms with Gasteiger partial charge in [-0.3, -0.25) is 0 Å². The topological polar surface area (TPSA) is 18.5 Å². The number of hydrogen-bond donors (Lipinski definition) is 0. The van der Waals surface area contributed by atoms with E-state index in [2.05, 4.69) is 128 Å². The van der Waals surface area contributed by atoms with Crippen LogP contribution >= 0.6 is 17.0 Å². The van der Waals surface area contributed by atoms with Crippen LogP contribution in [0.5, 0.6) is 0 Å². The number of halogens is 2. The van der Waals surface area contributed by atoms with E-state index >= 15 is 0 Å². The Hall–Kier alpha value is -0.366. The Morgan fingerprint density at radius 2 is 1.02 bits per heavy atom. The van der Waals surface area contributed by atoms with E-state index in [9.17, 15) is 0 Å². The van der Waals surface area contributed by atoms with Crippen molar-refractivity contribution in [2.45, 2.75) is 102 Å². The summed E-state index contributed by atoms with van der Waals surface area (Å²) in [6.07, 6.45) is 4.60. The molecule has 0 fully saturated rings. The molecule has 0 amide bonds. The quantitative estimate of drug-likeness (QED) is 0.241.